The minimum atomic E-state index is 0.407. The Hall–Kier alpha value is -0.310. The maximum Gasteiger partial charge on any atom is 0.130 e. The number of piperidine rings is 1. The van der Waals surface area contributed by atoms with Gasteiger partial charge in [0.1, 0.15) is 5.15 Å². The first-order chi connectivity index (χ1) is 7.96. The molecule has 2 heterocycles. The summed E-state index contributed by atoms with van der Waals surface area (Å²) in [4.78, 5) is 6.54. The van der Waals surface area contributed by atoms with Crippen molar-refractivity contribution in [2.24, 2.45) is 5.41 Å². The fourth-order valence-corrected chi connectivity index (χ4v) is 2.90. The van der Waals surface area contributed by atoms with Crippen LogP contribution >= 0.6 is 23.2 Å². The fourth-order valence-electron chi connectivity index (χ4n) is 2.47. The maximum absolute atomic E-state index is 6.17. The monoisotopic (exact) mass is 272 g/mol. The van der Waals surface area contributed by atoms with Crippen LogP contribution in [-0.4, -0.2) is 23.0 Å². The molecule has 0 atom stereocenters. The van der Waals surface area contributed by atoms with Gasteiger partial charge < -0.3 is 0 Å². The van der Waals surface area contributed by atoms with Crippen molar-refractivity contribution in [3.63, 3.8) is 0 Å². The van der Waals surface area contributed by atoms with Crippen molar-refractivity contribution in [2.75, 3.05) is 13.1 Å². The number of aromatic nitrogens is 1. The number of hydrogen-bond donors (Lipinski definition) is 0. The fraction of sp³-hybridized carbons (Fsp3) is 0.615. The third kappa shape index (κ3) is 3.57. The molecule has 0 saturated carbocycles. The van der Waals surface area contributed by atoms with E-state index in [0.29, 0.717) is 15.6 Å². The summed E-state index contributed by atoms with van der Waals surface area (Å²) in [6, 6.07) is 1.72. The van der Waals surface area contributed by atoms with Crippen LogP contribution in [0.2, 0.25) is 10.2 Å². The smallest absolute Gasteiger partial charge is 0.130 e. The van der Waals surface area contributed by atoms with Crippen molar-refractivity contribution < 1.29 is 0 Å². The molecule has 1 fully saturated rings. The van der Waals surface area contributed by atoms with Crippen LogP contribution in [0.5, 0.6) is 0 Å². The minimum Gasteiger partial charge on any atom is -0.298 e. The molecule has 0 spiro atoms. The Morgan fingerprint density at radius 2 is 2.18 bits per heavy atom. The Labute approximate surface area is 113 Å². The van der Waals surface area contributed by atoms with Crippen LogP contribution in [0.3, 0.4) is 0 Å². The van der Waals surface area contributed by atoms with Crippen LogP contribution in [-0.2, 0) is 6.54 Å². The second kappa shape index (κ2) is 5.13. The van der Waals surface area contributed by atoms with Gasteiger partial charge in [0, 0.05) is 29.9 Å². The summed E-state index contributed by atoms with van der Waals surface area (Å²) in [5, 5.41) is 1.17. The minimum absolute atomic E-state index is 0.407. The Morgan fingerprint density at radius 1 is 1.41 bits per heavy atom. The van der Waals surface area contributed by atoms with Crippen LogP contribution < -0.4 is 0 Å². The first-order valence-electron chi connectivity index (χ1n) is 5.99. The average molecular weight is 273 g/mol. The molecule has 0 radical (unpaired) electrons. The van der Waals surface area contributed by atoms with E-state index in [4.69, 9.17) is 23.2 Å². The van der Waals surface area contributed by atoms with Crippen molar-refractivity contribution in [2.45, 2.75) is 33.2 Å². The zero-order valence-electron chi connectivity index (χ0n) is 10.3. The van der Waals surface area contributed by atoms with E-state index < -0.39 is 0 Å². The molecular weight excluding hydrogens is 255 g/mol. The lowest BCUT2D eigenvalue weighted by Gasteiger charge is -2.38. The summed E-state index contributed by atoms with van der Waals surface area (Å²) in [7, 11) is 0. The molecule has 1 aliphatic heterocycles. The van der Waals surface area contributed by atoms with E-state index in [1.54, 1.807) is 12.3 Å². The van der Waals surface area contributed by atoms with Crippen LogP contribution in [0.15, 0.2) is 12.3 Å². The topological polar surface area (TPSA) is 16.1 Å². The second-order valence-electron chi connectivity index (χ2n) is 5.58. The summed E-state index contributed by atoms with van der Waals surface area (Å²) < 4.78 is 0. The molecule has 1 aromatic rings. The average Bonchev–Trinajstić information content (AvgIpc) is 2.21. The molecule has 0 aliphatic carbocycles. The van der Waals surface area contributed by atoms with Gasteiger partial charge >= 0.3 is 0 Å². The molecule has 0 unspecified atom stereocenters. The zero-order valence-corrected chi connectivity index (χ0v) is 11.9. The van der Waals surface area contributed by atoms with E-state index in [1.165, 1.54) is 12.8 Å². The highest BCUT2D eigenvalue weighted by molar-refractivity contribution is 6.34. The van der Waals surface area contributed by atoms with E-state index in [9.17, 15) is 0 Å². The number of likely N-dealkylation sites (tertiary alicyclic amines) is 1. The second-order valence-corrected chi connectivity index (χ2v) is 6.37. The zero-order chi connectivity index (χ0) is 12.5. The Kier molecular flexibility index (Phi) is 3.96. The van der Waals surface area contributed by atoms with Crippen molar-refractivity contribution in [1.82, 2.24) is 9.88 Å². The van der Waals surface area contributed by atoms with E-state index >= 15 is 0 Å². The number of rotatable bonds is 2. The summed E-state index contributed by atoms with van der Waals surface area (Å²) in [6.07, 6.45) is 4.34. The van der Waals surface area contributed by atoms with Gasteiger partial charge in [-0.15, -0.1) is 0 Å². The first-order valence-corrected chi connectivity index (χ1v) is 6.74. The predicted octanol–water partition coefficient (Wildman–Crippen LogP) is 4.01. The third-order valence-electron chi connectivity index (χ3n) is 3.27. The molecule has 1 saturated heterocycles. The third-order valence-corrected chi connectivity index (χ3v) is 3.83. The van der Waals surface area contributed by atoms with Crippen molar-refractivity contribution in [1.29, 1.82) is 0 Å². The van der Waals surface area contributed by atoms with Crippen LogP contribution in [0.1, 0.15) is 32.3 Å². The molecule has 1 aromatic heterocycles. The van der Waals surface area contributed by atoms with Gasteiger partial charge in [-0.2, -0.15) is 0 Å². The van der Waals surface area contributed by atoms with Gasteiger partial charge in [0.25, 0.3) is 0 Å². The quantitative estimate of drug-likeness (QED) is 0.757. The first kappa shape index (κ1) is 13.1. The number of halogens is 2. The molecule has 2 rings (SSSR count). The van der Waals surface area contributed by atoms with E-state index in [2.05, 4.69) is 23.7 Å². The lowest BCUT2D eigenvalue weighted by Crippen LogP contribution is -2.39. The van der Waals surface area contributed by atoms with Gasteiger partial charge in [-0.1, -0.05) is 37.0 Å². The van der Waals surface area contributed by atoms with Crippen molar-refractivity contribution >= 4 is 23.2 Å². The van der Waals surface area contributed by atoms with Crippen LogP contribution in [0.25, 0.3) is 0 Å². The van der Waals surface area contributed by atoms with Crippen LogP contribution in [0.4, 0.5) is 0 Å². The van der Waals surface area contributed by atoms with E-state index in [1.807, 2.05) is 0 Å². The maximum atomic E-state index is 6.17. The summed E-state index contributed by atoms with van der Waals surface area (Å²) in [5.41, 5.74) is 1.47. The number of pyridine rings is 1. The molecule has 0 N–H and O–H groups in total. The molecule has 94 valence electrons. The Morgan fingerprint density at radius 3 is 2.82 bits per heavy atom. The standard InChI is InChI=1S/C13H18Cl2N2/c1-13(2)4-3-5-17(9-13)8-10-7-16-12(15)6-11(10)14/h6-7H,3-5,8-9H2,1-2H3. The van der Waals surface area contributed by atoms with E-state index in [0.717, 1.165) is 25.2 Å². The molecule has 1 aliphatic rings. The van der Waals surface area contributed by atoms with Gasteiger partial charge in [0.2, 0.25) is 0 Å². The number of hydrogen-bond acceptors (Lipinski definition) is 2. The highest BCUT2D eigenvalue weighted by Crippen LogP contribution is 2.30. The SMILES string of the molecule is CC1(C)CCCN(Cc2cnc(Cl)cc2Cl)C1. The lowest BCUT2D eigenvalue weighted by molar-refractivity contribution is 0.111. The summed E-state index contributed by atoms with van der Waals surface area (Å²) in [5.74, 6) is 0. The Bertz CT molecular complexity index is 404. The highest BCUT2D eigenvalue weighted by atomic mass is 35.5. The Balaban J connectivity index is 2.05. The van der Waals surface area contributed by atoms with Crippen molar-refractivity contribution in [3.8, 4) is 0 Å². The molecule has 2 nitrogen and oxygen atoms in total. The molecule has 0 bridgehead atoms. The summed E-state index contributed by atoms with van der Waals surface area (Å²) >= 11 is 12.0. The lowest BCUT2D eigenvalue weighted by atomic mass is 9.84. The molecule has 0 aromatic carbocycles. The van der Waals surface area contributed by atoms with Crippen molar-refractivity contribution in [3.05, 3.63) is 28.0 Å². The van der Waals surface area contributed by atoms with Gasteiger partial charge in [-0.05, 0) is 30.9 Å². The predicted molar refractivity (Wildman–Crippen MR) is 72.5 cm³/mol. The molecule has 0 amide bonds. The van der Waals surface area contributed by atoms with Gasteiger partial charge in [0.05, 0.1) is 0 Å². The molecular formula is C13H18Cl2N2. The summed E-state index contributed by atoms with van der Waals surface area (Å²) in [6.45, 7) is 7.77. The normalized spacial score (nSPS) is 20.5. The van der Waals surface area contributed by atoms with E-state index in [-0.39, 0.29) is 0 Å². The largest absolute Gasteiger partial charge is 0.298 e. The highest BCUT2D eigenvalue weighted by Gasteiger charge is 2.26. The van der Waals surface area contributed by atoms with Gasteiger partial charge in [0.15, 0.2) is 0 Å². The van der Waals surface area contributed by atoms with Crippen LogP contribution in [0, 0.1) is 5.41 Å². The van der Waals surface area contributed by atoms with Gasteiger partial charge in [-0.25, -0.2) is 4.98 Å². The molecule has 4 heteroatoms. The molecule has 17 heavy (non-hydrogen) atoms. The number of nitrogens with zero attached hydrogens (tertiary/aromatic N) is 2. The van der Waals surface area contributed by atoms with Gasteiger partial charge in [-0.3, -0.25) is 4.90 Å².